The number of rotatable bonds is 4. The van der Waals surface area contributed by atoms with Crippen molar-refractivity contribution in [2.45, 2.75) is 20.3 Å². The van der Waals surface area contributed by atoms with Gasteiger partial charge in [0, 0.05) is 16.5 Å². The molecule has 86 valence electrons. The summed E-state index contributed by atoms with van der Waals surface area (Å²) in [6.07, 6.45) is 0.369. The Hall–Kier alpha value is -1.16. The summed E-state index contributed by atoms with van der Waals surface area (Å²) in [5.41, 5.74) is 0.743. The summed E-state index contributed by atoms with van der Waals surface area (Å²) in [4.78, 5) is 23.3. The van der Waals surface area contributed by atoms with E-state index in [2.05, 4.69) is 15.9 Å². The van der Waals surface area contributed by atoms with Crippen LogP contribution in [0.4, 0.5) is 0 Å². The molecule has 4 heteroatoms. The van der Waals surface area contributed by atoms with Crippen LogP contribution in [0.15, 0.2) is 22.7 Å². The molecule has 0 aliphatic heterocycles. The molecule has 1 aromatic rings. The van der Waals surface area contributed by atoms with Gasteiger partial charge in [-0.05, 0) is 25.1 Å². The first kappa shape index (κ1) is 12.9. The minimum Gasteiger partial charge on any atom is -0.462 e. The van der Waals surface area contributed by atoms with Crippen LogP contribution in [0.1, 0.15) is 41.0 Å². The third-order valence-electron chi connectivity index (χ3n) is 2.10. The third kappa shape index (κ3) is 2.92. The first-order valence-electron chi connectivity index (χ1n) is 5.10. The maximum absolute atomic E-state index is 11.6. The van der Waals surface area contributed by atoms with Crippen molar-refractivity contribution in [3.63, 3.8) is 0 Å². The quantitative estimate of drug-likeness (QED) is 0.630. The summed E-state index contributed by atoms with van der Waals surface area (Å²) in [7, 11) is 0. The standard InChI is InChI=1S/C12H13BrO3/c1-3-11(14)9-6-5-8(13)7-10(9)12(15)16-4-2/h5-7H,3-4H2,1-2H3. The molecule has 0 N–H and O–H groups in total. The maximum atomic E-state index is 11.6. The van der Waals surface area contributed by atoms with E-state index in [-0.39, 0.29) is 5.78 Å². The molecule has 0 atom stereocenters. The Labute approximate surface area is 103 Å². The Kier molecular flexibility index (Phi) is 4.68. The van der Waals surface area contributed by atoms with E-state index in [1.165, 1.54) is 0 Å². The normalized spacial score (nSPS) is 9.94. The molecule has 1 aromatic carbocycles. The van der Waals surface area contributed by atoms with E-state index in [9.17, 15) is 9.59 Å². The number of carbonyl (C=O) groups excluding carboxylic acids is 2. The predicted octanol–water partition coefficient (Wildman–Crippen LogP) is 3.22. The zero-order chi connectivity index (χ0) is 12.1. The number of ether oxygens (including phenoxy) is 1. The average Bonchev–Trinajstić information content (AvgIpc) is 2.28. The van der Waals surface area contributed by atoms with Gasteiger partial charge in [-0.25, -0.2) is 4.79 Å². The summed E-state index contributed by atoms with van der Waals surface area (Å²) in [5, 5.41) is 0. The fraction of sp³-hybridized carbons (Fsp3) is 0.333. The fourth-order valence-corrected chi connectivity index (χ4v) is 1.69. The second-order valence-electron chi connectivity index (χ2n) is 3.19. The molecule has 0 saturated carbocycles. The summed E-state index contributed by atoms with van der Waals surface area (Å²) in [6, 6.07) is 4.99. The third-order valence-corrected chi connectivity index (χ3v) is 2.59. The van der Waals surface area contributed by atoms with E-state index in [0.717, 1.165) is 4.47 Å². The van der Waals surface area contributed by atoms with E-state index in [1.807, 2.05) is 0 Å². The van der Waals surface area contributed by atoms with Crippen LogP contribution in [0.3, 0.4) is 0 Å². The van der Waals surface area contributed by atoms with Gasteiger partial charge in [0.2, 0.25) is 0 Å². The van der Waals surface area contributed by atoms with E-state index in [0.29, 0.717) is 24.2 Å². The van der Waals surface area contributed by atoms with Crippen LogP contribution in [0, 0.1) is 0 Å². The number of esters is 1. The van der Waals surface area contributed by atoms with Gasteiger partial charge in [-0.15, -0.1) is 0 Å². The molecule has 16 heavy (non-hydrogen) atoms. The van der Waals surface area contributed by atoms with Crippen LogP contribution in [-0.4, -0.2) is 18.4 Å². The Bertz CT molecular complexity index is 413. The van der Waals surface area contributed by atoms with Crippen LogP contribution in [0.25, 0.3) is 0 Å². The Morgan fingerprint density at radius 1 is 1.25 bits per heavy atom. The molecule has 0 spiro atoms. The van der Waals surface area contributed by atoms with Gasteiger partial charge in [0.05, 0.1) is 12.2 Å². The zero-order valence-electron chi connectivity index (χ0n) is 9.25. The molecule has 0 aromatic heterocycles. The highest BCUT2D eigenvalue weighted by Gasteiger charge is 2.17. The summed E-state index contributed by atoms with van der Waals surface area (Å²) >= 11 is 3.27. The molecule has 1 rings (SSSR count). The average molecular weight is 285 g/mol. The van der Waals surface area contributed by atoms with Crippen LogP contribution < -0.4 is 0 Å². The molecule has 0 heterocycles. The second kappa shape index (κ2) is 5.80. The van der Waals surface area contributed by atoms with Crippen molar-refractivity contribution in [1.29, 1.82) is 0 Å². The van der Waals surface area contributed by atoms with E-state index >= 15 is 0 Å². The van der Waals surface area contributed by atoms with Gasteiger partial charge in [0.1, 0.15) is 0 Å². The van der Waals surface area contributed by atoms with Crippen molar-refractivity contribution in [3.05, 3.63) is 33.8 Å². The number of halogens is 1. The van der Waals surface area contributed by atoms with Crippen LogP contribution in [0.5, 0.6) is 0 Å². The zero-order valence-corrected chi connectivity index (χ0v) is 10.8. The lowest BCUT2D eigenvalue weighted by atomic mass is 10.0. The summed E-state index contributed by atoms with van der Waals surface area (Å²) < 4.78 is 5.66. The molecular weight excluding hydrogens is 272 g/mol. The van der Waals surface area contributed by atoms with E-state index in [4.69, 9.17) is 4.74 Å². The molecule has 0 aliphatic rings. The highest BCUT2D eigenvalue weighted by Crippen LogP contribution is 2.19. The van der Waals surface area contributed by atoms with Gasteiger partial charge in [-0.3, -0.25) is 4.79 Å². The fourth-order valence-electron chi connectivity index (χ4n) is 1.33. The lowest BCUT2D eigenvalue weighted by Crippen LogP contribution is -2.11. The van der Waals surface area contributed by atoms with Gasteiger partial charge in [-0.2, -0.15) is 0 Å². The van der Waals surface area contributed by atoms with Crippen molar-refractivity contribution < 1.29 is 14.3 Å². The molecule has 3 nitrogen and oxygen atoms in total. The smallest absolute Gasteiger partial charge is 0.338 e. The van der Waals surface area contributed by atoms with Crippen molar-refractivity contribution in [2.75, 3.05) is 6.61 Å². The van der Waals surface area contributed by atoms with E-state index < -0.39 is 5.97 Å². The van der Waals surface area contributed by atoms with Gasteiger partial charge in [-0.1, -0.05) is 22.9 Å². The number of hydrogen-bond acceptors (Lipinski definition) is 3. The Balaban J connectivity index is 3.17. The van der Waals surface area contributed by atoms with Gasteiger partial charge in [0.25, 0.3) is 0 Å². The largest absolute Gasteiger partial charge is 0.462 e. The molecule has 0 saturated heterocycles. The SMILES string of the molecule is CCOC(=O)c1cc(Br)ccc1C(=O)CC. The molecule has 0 bridgehead atoms. The number of hydrogen-bond donors (Lipinski definition) is 0. The highest BCUT2D eigenvalue weighted by atomic mass is 79.9. The number of ketones is 1. The first-order chi connectivity index (χ1) is 7.60. The van der Waals surface area contributed by atoms with E-state index in [1.54, 1.807) is 32.0 Å². The van der Waals surface area contributed by atoms with Gasteiger partial charge >= 0.3 is 5.97 Å². The van der Waals surface area contributed by atoms with Crippen molar-refractivity contribution in [3.8, 4) is 0 Å². The Morgan fingerprint density at radius 2 is 1.94 bits per heavy atom. The number of Topliss-reactive ketones (excluding diaryl/α,β-unsaturated/α-hetero) is 1. The molecule has 0 fully saturated rings. The second-order valence-corrected chi connectivity index (χ2v) is 4.10. The molecule has 0 amide bonds. The summed E-state index contributed by atoms with van der Waals surface area (Å²) in [5.74, 6) is -0.517. The minimum atomic E-state index is -0.458. The minimum absolute atomic E-state index is 0.0597. The van der Waals surface area contributed by atoms with Gasteiger partial charge in [0.15, 0.2) is 5.78 Å². The molecule has 0 unspecified atom stereocenters. The Morgan fingerprint density at radius 3 is 2.50 bits per heavy atom. The van der Waals surface area contributed by atoms with Crippen molar-refractivity contribution >= 4 is 27.7 Å². The lowest BCUT2D eigenvalue weighted by Gasteiger charge is -2.07. The monoisotopic (exact) mass is 284 g/mol. The number of carbonyl (C=O) groups is 2. The maximum Gasteiger partial charge on any atom is 0.338 e. The van der Waals surface area contributed by atoms with Crippen LogP contribution in [0.2, 0.25) is 0 Å². The molecule has 0 aliphatic carbocycles. The van der Waals surface area contributed by atoms with Crippen molar-refractivity contribution in [2.24, 2.45) is 0 Å². The van der Waals surface area contributed by atoms with Crippen LogP contribution in [-0.2, 0) is 4.74 Å². The molecule has 0 radical (unpaired) electrons. The lowest BCUT2D eigenvalue weighted by molar-refractivity contribution is 0.0523. The summed E-state index contributed by atoms with van der Waals surface area (Å²) in [6.45, 7) is 3.79. The first-order valence-corrected chi connectivity index (χ1v) is 5.89. The predicted molar refractivity (Wildman–Crippen MR) is 64.7 cm³/mol. The van der Waals surface area contributed by atoms with Gasteiger partial charge < -0.3 is 4.74 Å². The van der Waals surface area contributed by atoms with Crippen molar-refractivity contribution in [1.82, 2.24) is 0 Å². The number of benzene rings is 1. The molecular formula is C12H13BrO3. The van der Waals surface area contributed by atoms with Crippen LogP contribution >= 0.6 is 15.9 Å². The highest BCUT2D eigenvalue weighted by molar-refractivity contribution is 9.10. The topological polar surface area (TPSA) is 43.4 Å².